The first-order valence-electron chi connectivity index (χ1n) is 8.00. The van der Waals surface area contributed by atoms with E-state index < -0.39 is 6.03 Å². The van der Waals surface area contributed by atoms with Gasteiger partial charge in [-0.05, 0) is 37.1 Å². The average Bonchev–Trinajstić information content (AvgIpc) is 3.15. The Hall–Kier alpha value is -3.02. The molecule has 0 unspecified atom stereocenters. The Kier molecular flexibility index (Phi) is 4.96. The van der Waals surface area contributed by atoms with Gasteiger partial charge in [0.1, 0.15) is 0 Å². The van der Waals surface area contributed by atoms with Crippen molar-refractivity contribution < 1.29 is 9.59 Å². The number of nitrogens with zero attached hydrogens (tertiary/aromatic N) is 1. The Morgan fingerprint density at radius 2 is 1.50 bits per heavy atom. The van der Waals surface area contributed by atoms with Crippen LogP contribution in [0.1, 0.15) is 23.2 Å². The van der Waals surface area contributed by atoms with E-state index in [-0.39, 0.29) is 5.91 Å². The number of amides is 3. The van der Waals surface area contributed by atoms with Crippen molar-refractivity contribution in [3.63, 3.8) is 0 Å². The predicted octanol–water partition coefficient (Wildman–Crippen LogP) is 2.75. The fourth-order valence-corrected chi connectivity index (χ4v) is 2.76. The van der Waals surface area contributed by atoms with Gasteiger partial charge in [0, 0.05) is 24.5 Å². The van der Waals surface area contributed by atoms with Crippen LogP contribution in [0.4, 0.5) is 16.2 Å². The van der Waals surface area contributed by atoms with E-state index in [2.05, 4.69) is 21.1 Å². The molecule has 3 rings (SSSR count). The van der Waals surface area contributed by atoms with Crippen molar-refractivity contribution >= 4 is 23.3 Å². The summed E-state index contributed by atoms with van der Waals surface area (Å²) in [5.41, 5.74) is 6.94. The molecule has 2 aromatic carbocycles. The fourth-order valence-electron chi connectivity index (χ4n) is 2.76. The van der Waals surface area contributed by atoms with Crippen LogP contribution >= 0.6 is 0 Å². The van der Waals surface area contributed by atoms with Crippen molar-refractivity contribution in [3.05, 3.63) is 60.2 Å². The molecule has 1 aliphatic rings. The van der Waals surface area contributed by atoms with Gasteiger partial charge >= 0.3 is 6.03 Å². The van der Waals surface area contributed by atoms with Crippen molar-refractivity contribution in [1.82, 2.24) is 10.9 Å². The van der Waals surface area contributed by atoms with Gasteiger partial charge in [0.15, 0.2) is 0 Å². The Morgan fingerprint density at radius 3 is 2.25 bits per heavy atom. The normalized spacial score (nSPS) is 13.4. The molecule has 6 nitrogen and oxygen atoms in total. The number of benzene rings is 2. The molecule has 3 amide bonds. The maximum Gasteiger partial charge on any atom is 0.337 e. The Labute approximate surface area is 140 Å². The molecule has 0 radical (unpaired) electrons. The van der Waals surface area contributed by atoms with Gasteiger partial charge in [-0.2, -0.15) is 0 Å². The summed E-state index contributed by atoms with van der Waals surface area (Å²) < 4.78 is 0. The Bertz CT molecular complexity index is 712. The quantitative estimate of drug-likeness (QED) is 0.760. The lowest BCUT2D eigenvalue weighted by Crippen LogP contribution is -2.44. The van der Waals surface area contributed by atoms with E-state index in [1.165, 1.54) is 0 Å². The summed E-state index contributed by atoms with van der Waals surface area (Å²) in [6.45, 7) is 1.90. The number of hydrazine groups is 1. The first-order chi connectivity index (χ1) is 11.7. The second kappa shape index (κ2) is 7.50. The van der Waals surface area contributed by atoms with E-state index in [0.717, 1.165) is 31.6 Å². The van der Waals surface area contributed by atoms with Crippen LogP contribution in [0, 0.1) is 0 Å². The highest BCUT2D eigenvalue weighted by molar-refractivity contribution is 6.01. The number of para-hydroxylation sites is 2. The monoisotopic (exact) mass is 324 g/mol. The largest absolute Gasteiger partial charge is 0.371 e. The molecule has 124 valence electrons. The molecule has 0 atom stereocenters. The number of hydrogen-bond acceptors (Lipinski definition) is 3. The highest BCUT2D eigenvalue weighted by Crippen LogP contribution is 2.24. The van der Waals surface area contributed by atoms with Crippen LogP contribution in [-0.2, 0) is 0 Å². The molecule has 6 heteroatoms. The maximum atomic E-state index is 12.4. The summed E-state index contributed by atoms with van der Waals surface area (Å²) >= 11 is 0. The number of carbonyl (C=O) groups excluding carboxylic acids is 2. The molecule has 1 aliphatic heterocycles. The minimum atomic E-state index is -0.492. The second-order valence-corrected chi connectivity index (χ2v) is 5.61. The Morgan fingerprint density at radius 1 is 0.833 bits per heavy atom. The third-order valence-electron chi connectivity index (χ3n) is 3.92. The van der Waals surface area contributed by atoms with Crippen LogP contribution in [0.2, 0.25) is 0 Å². The third kappa shape index (κ3) is 3.84. The molecule has 0 saturated carbocycles. The van der Waals surface area contributed by atoms with Crippen LogP contribution in [-0.4, -0.2) is 25.0 Å². The van der Waals surface area contributed by atoms with Gasteiger partial charge in [0.25, 0.3) is 5.91 Å². The number of carbonyl (C=O) groups is 2. The van der Waals surface area contributed by atoms with E-state index in [4.69, 9.17) is 0 Å². The summed E-state index contributed by atoms with van der Waals surface area (Å²) in [6.07, 6.45) is 2.27. The van der Waals surface area contributed by atoms with Gasteiger partial charge in [-0.1, -0.05) is 30.3 Å². The first-order valence-corrected chi connectivity index (χ1v) is 8.00. The van der Waals surface area contributed by atoms with Crippen LogP contribution in [0.5, 0.6) is 0 Å². The van der Waals surface area contributed by atoms with Crippen molar-refractivity contribution in [2.75, 3.05) is 23.3 Å². The van der Waals surface area contributed by atoms with Gasteiger partial charge < -0.3 is 10.2 Å². The highest BCUT2D eigenvalue weighted by atomic mass is 16.2. The molecule has 0 aromatic heterocycles. The standard InChI is InChI=1S/C18H20N4O2/c23-17(20-21-18(24)19-14-8-2-1-3-9-14)15-10-4-5-11-16(15)22-12-6-7-13-22/h1-5,8-11H,6-7,12-13H2,(H,20,23)(H2,19,21,24). The van der Waals surface area contributed by atoms with Gasteiger partial charge in [0.05, 0.1) is 5.56 Å². The molecule has 0 spiro atoms. The van der Waals surface area contributed by atoms with Crippen molar-refractivity contribution in [2.24, 2.45) is 0 Å². The van der Waals surface area contributed by atoms with E-state index in [0.29, 0.717) is 11.3 Å². The van der Waals surface area contributed by atoms with Crippen molar-refractivity contribution in [1.29, 1.82) is 0 Å². The first kappa shape index (κ1) is 15.9. The summed E-state index contributed by atoms with van der Waals surface area (Å²) in [5.74, 6) is -0.333. The Balaban J connectivity index is 1.60. The van der Waals surface area contributed by atoms with E-state index in [1.54, 1.807) is 18.2 Å². The molecule has 2 aromatic rings. The van der Waals surface area contributed by atoms with E-state index in [1.807, 2.05) is 36.4 Å². The van der Waals surface area contributed by atoms with Crippen molar-refractivity contribution in [3.8, 4) is 0 Å². The van der Waals surface area contributed by atoms with Gasteiger partial charge in [0.2, 0.25) is 0 Å². The van der Waals surface area contributed by atoms with Crippen LogP contribution < -0.4 is 21.1 Å². The van der Waals surface area contributed by atoms with Gasteiger partial charge in [-0.15, -0.1) is 0 Å². The number of urea groups is 1. The molecular weight excluding hydrogens is 304 g/mol. The molecule has 1 saturated heterocycles. The average molecular weight is 324 g/mol. The minimum absolute atomic E-state index is 0.333. The highest BCUT2D eigenvalue weighted by Gasteiger charge is 2.19. The molecule has 0 bridgehead atoms. The van der Waals surface area contributed by atoms with E-state index >= 15 is 0 Å². The lowest BCUT2D eigenvalue weighted by molar-refractivity contribution is 0.0938. The minimum Gasteiger partial charge on any atom is -0.371 e. The van der Waals surface area contributed by atoms with Crippen LogP contribution in [0.25, 0.3) is 0 Å². The molecular formula is C18H20N4O2. The summed E-state index contributed by atoms with van der Waals surface area (Å²) in [7, 11) is 0. The fraction of sp³-hybridized carbons (Fsp3) is 0.222. The second-order valence-electron chi connectivity index (χ2n) is 5.61. The van der Waals surface area contributed by atoms with Gasteiger partial charge in [-0.3, -0.25) is 10.2 Å². The van der Waals surface area contributed by atoms with Gasteiger partial charge in [-0.25, -0.2) is 10.2 Å². The molecule has 1 heterocycles. The predicted molar refractivity (Wildman–Crippen MR) is 94.0 cm³/mol. The lowest BCUT2D eigenvalue weighted by Gasteiger charge is -2.21. The van der Waals surface area contributed by atoms with Crippen molar-refractivity contribution in [2.45, 2.75) is 12.8 Å². The lowest BCUT2D eigenvalue weighted by atomic mass is 10.1. The third-order valence-corrected chi connectivity index (χ3v) is 3.92. The molecule has 24 heavy (non-hydrogen) atoms. The maximum absolute atomic E-state index is 12.4. The summed E-state index contributed by atoms with van der Waals surface area (Å²) in [5, 5.41) is 2.64. The van der Waals surface area contributed by atoms with Crippen LogP contribution in [0.3, 0.4) is 0 Å². The molecule has 0 aliphatic carbocycles. The van der Waals surface area contributed by atoms with Crippen LogP contribution in [0.15, 0.2) is 54.6 Å². The topological polar surface area (TPSA) is 73.5 Å². The zero-order valence-corrected chi connectivity index (χ0v) is 13.3. The number of anilines is 2. The smallest absolute Gasteiger partial charge is 0.337 e. The summed E-state index contributed by atoms with van der Waals surface area (Å²) in [4.78, 5) is 26.4. The number of rotatable bonds is 3. The number of hydrogen-bond donors (Lipinski definition) is 3. The molecule has 1 fully saturated rings. The zero-order valence-electron chi connectivity index (χ0n) is 13.3. The summed E-state index contributed by atoms with van der Waals surface area (Å²) in [6, 6.07) is 16.0. The SMILES string of the molecule is O=C(NNC(=O)c1ccccc1N1CCCC1)Nc1ccccc1. The molecule has 3 N–H and O–H groups in total. The number of nitrogens with one attached hydrogen (secondary N) is 3. The zero-order chi connectivity index (χ0) is 16.8. The van der Waals surface area contributed by atoms with E-state index in [9.17, 15) is 9.59 Å².